The Morgan fingerprint density at radius 2 is 2.20 bits per heavy atom. The third-order valence-electron chi connectivity index (χ3n) is 4.60. The normalized spacial score (nSPS) is 12.2. The number of rotatable bonds is 8. The highest BCUT2D eigenvalue weighted by Crippen LogP contribution is 2.27. The van der Waals surface area contributed by atoms with Gasteiger partial charge in [0.15, 0.2) is 5.65 Å². The van der Waals surface area contributed by atoms with Gasteiger partial charge in [0.05, 0.1) is 28.0 Å². The van der Waals surface area contributed by atoms with Crippen LogP contribution in [0.3, 0.4) is 0 Å². The van der Waals surface area contributed by atoms with E-state index in [1.165, 1.54) is 0 Å². The van der Waals surface area contributed by atoms with E-state index in [4.69, 9.17) is 4.98 Å². The zero-order valence-corrected chi connectivity index (χ0v) is 17.2. The van der Waals surface area contributed by atoms with E-state index in [0.717, 1.165) is 16.1 Å². The van der Waals surface area contributed by atoms with Gasteiger partial charge >= 0.3 is 0 Å². The number of carbonyl (C=O) groups is 1. The molecule has 0 saturated heterocycles. The molecule has 0 radical (unpaired) electrons. The van der Waals surface area contributed by atoms with Gasteiger partial charge in [-0.15, -0.1) is 11.3 Å². The molecule has 2 N–H and O–H groups in total. The molecule has 0 aliphatic rings. The fourth-order valence-electron chi connectivity index (χ4n) is 3.05. The third kappa shape index (κ3) is 4.37. The van der Waals surface area contributed by atoms with Crippen molar-refractivity contribution in [3.05, 3.63) is 59.9 Å². The molecular formula is C21H21FN6OS. The van der Waals surface area contributed by atoms with Gasteiger partial charge in [-0.3, -0.25) is 9.78 Å². The molecule has 0 saturated carbocycles. The van der Waals surface area contributed by atoms with Gasteiger partial charge in [-0.25, -0.2) is 13.9 Å². The molecule has 4 aromatic heterocycles. The number of amides is 1. The van der Waals surface area contributed by atoms with E-state index in [-0.39, 0.29) is 18.5 Å². The average molecular weight is 425 g/mol. The van der Waals surface area contributed by atoms with Crippen LogP contribution in [0.1, 0.15) is 17.3 Å². The fourth-order valence-corrected chi connectivity index (χ4v) is 3.75. The quantitative estimate of drug-likeness (QED) is 0.454. The van der Waals surface area contributed by atoms with E-state index in [1.807, 2.05) is 36.7 Å². The minimum Gasteiger partial charge on any atom is -0.350 e. The molecule has 0 aliphatic carbocycles. The molecule has 154 valence electrons. The summed E-state index contributed by atoms with van der Waals surface area (Å²) in [6.45, 7) is 2.13. The van der Waals surface area contributed by atoms with Gasteiger partial charge in [0.2, 0.25) is 0 Å². The van der Waals surface area contributed by atoms with E-state index in [1.54, 1.807) is 40.4 Å². The molecule has 0 fully saturated rings. The van der Waals surface area contributed by atoms with Crippen molar-refractivity contribution >= 4 is 22.9 Å². The van der Waals surface area contributed by atoms with Gasteiger partial charge < -0.3 is 10.6 Å². The van der Waals surface area contributed by atoms with Crippen LogP contribution >= 0.6 is 11.3 Å². The molecular weight excluding hydrogens is 403 g/mol. The molecule has 4 rings (SSSR count). The highest BCUT2D eigenvalue weighted by atomic mass is 32.1. The molecule has 4 heterocycles. The van der Waals surface area contributed by atoms with Crippen LogP contribution in [0.5, 0.6) is 0 Å². The Hall–Kier alpha value is -3.17. The lowest BCUT2D eigenvalue weighted by atomic mass is 10.1. The SMILES string of the molecule is C[C@@H](CNC(=O)c1ccnc(-c2cnn3ccc(-c4cccs4)nc23)c1)NCCF. The Balaban J connectivity index is 1.57. The first-order chi connectivity index (χ1) is 14.7. The molecule has 0 bridgehead atoms. The highest BCUT2D eigenvalue weighted by molar-refractivity contribution is 7.13. The number of nitrogens with zero attached hydrogens (tertiary/aromatic N) is 4. The van der Waals surface area contributed by atoms with Crippen molar-refractivity contribution in [2.45, 2.75) is 13.0 Å². The first kappa shape index (κ1) is 20.1. The summed E-state index contributed by atoms with van der Waals surface area (Å²) in [6.07, 6.45) is 5.17. The van der Waals surface area contributed by atoms with Crippen LogP contribution in [0.15, 0.2) is 54.3 Å². The van der Waals surface area contributed by atoms with Crippen LogP contribution in [0.2, 0.25) is 0 Å². The molecule has 4 aromatic rings. The molecule has 30 heavy (non-hydrogen) atoms. The van der Waals surface area contributed by atoms with Crippen molar-refractivity contribution in [3.63, 3.8) is 0 Å². The highest BCUT2D eigenvalue weighted by Gasteiger charge is 2.14. The average Bonchev–Trinajstić information content (AvgIpc) is 3.45. The molecule has 9 heteroatoms. The first-order valence-corrected chi connectivity index (χ1v) is 10.5. The second-order valence-corrected chi connectivity index (χ2v) is 7.75. The van der Waals surface area contributed by atoms with Crippen LogP contribution in [0, 0.1) is 0 Å². The summed E-state index contributed by atoms with van der Waals surface area (Å²) in [5, 5.41) is 12.2. The Kier molecular flexibility index (Phi) is 6.10. The Labute approximate surface area is 177 Å². The molecule has 0 spiro atoms. The summed E-state index contributed by atoms with van der Waals surface area (Å²) in [5.74, 6) is -0.212. The topological polar surface area (TPSA) is 84.2 Å². The largest absolute Gasteiger partial charge is 0.350 e. The van der Waals surface area contributed by atoms with Crippen molar-refractivity contribution < 1.29 is 9.18 Å². The van der Waals surface area contributed by atoms with Crippen LogP contribution < -0.4 is 10.6 Å². The van der Waals surface area contributed by atoms with E-state index in [0.29, 0.717) is 23.4 Å². The lowest BCUT2D eigenvalue weighted by molar-refractivity contribution is 0.0950. The van der Waals surface area contributed by atoms with E-state index < -0.39 is 6.67 Å². The lowest BCUT2D eigenvalue weighted by Gasteiger charge is -2.13. The van der Waals surface area contributed by atoms with E-state index in [2.05, 4.69) is 20.7 Å². The zero-order chi connectivity index (χ0) is 20.9. The number of thiophene rings is 1. The van der Waals surface area contributed by atoms with Gasteiger partial charge in [0.1, 0.15) is 6.67 Å². The summed E-state index contributed by atoms with van der Waals surface area (Å²) in [4.78, 5) is 22.8. The summed E-state index contributed by atoms with van der Waals surface area (Å²) >= 11 is 1.62. The standard InChI is InChI=1S/C21H21FN6OS/c1-14(23-8-6-22)12-25-21(29)15-4-7-24-18(11-15)16-13-26-28-9-5-17(27-20(16)28)19-3-2-10-30-19/h2-5,7,9-11,13-14,23H,6,8,12H2,1H3,(H,25,29)/t14-/m0/s1. The number of hydrogen-bond acceptors (Lipinski definition) is 6. The van der Waals surface area contributed by atoms with Crippen LogP contribution in [0.4, 0.5) is 4.39 Å². The monoisotopic (exact) mass is 424 g/mol. The number of aromatic nitrogens is 4. The molecule has 1 amide bonds. The van der Waals surface area contributed by atoms with Crippen molar-refractivity contribution in [1.82, 2.24) is 30.2 Å². The predicted molar refractivity (Wildman–Crippen MR) is 115 cm³/mol. The van der Waals surface area contributed by atoms with E-state index >= 15 is 0 Å². The second-order valence-electron chi connectivity index (χ2n) is 6.80. The Morgan fingerprint density at radius 1 is 1.30 bits per heavy atom. The number of pyridine rings is 1. The molecule has 7 nitrogen and oxygen atoms in total. The maximum atomic E-state index is 12.5. The minimum atomic E-state index is -0.437. The Bertz CT molecular complexity index is 1140. The van der Waals surface area contributed by atoms with Gasteiger partial charge in [0.25, 0.3) is 5.91 Å². The fraction of sp³-hybridized carbons (Fsp3) is 0.238. The van der Waals surface area contributed by atoms with Crippen LogP contribution in [-0.2, 0) is 0 Å². The Morgan fingerprint density at radius 3 is 3.00 bits per heavy atom. The number of carbonyl (C=O) groups excluding carboxylic acids is 1. The van der Waals surface area contributed by atoms with Crippen LogP contribution in [-0.4, -0.2) is 51.3 Å². The van der Waals surface area contributed by atoms with Gasteiger partial charge in [-0.05, 0) is 36.6 Å². The van der Waals surface area contributed by atoms with Gasteiger partial charge in [-0.1, -0.05) is 6.07 Å². The smallest absolute Gasteiger partial charge is 0.251 e. The number of hydrogen-bond donors (Lipinski definition) is 2. The number of fused-ring (bicyclic) bond motifs is 1. The van der Waals surface area contributed by atoms with Gasteiger partial charge in [0, 0.05) is 37.1 Å². The number of halogens is 1. The first-order valence-electron chi connectivity index (χ1n) is 9.58. The third-order valence-corrected chi connectivity index (χ3v) is 5.49. The predicted octanol–water partition coefficient (Wildman–Crippen LogP) is 3.20. The van der Waals surface area contributed by atoms with E-state index in [9.17, 15) is 9.18 Å². The zero-order valence-electron chi connectivity index (χ0n) is 16.4. The molecule has 0 unspecified atom stereocenters. The van der Waals surface area contributed by atoms with Crippen molar-refractivity contribution in [1.29, 1.82) is 0 Å². The van der Waals surface area contributed by atoms with Crippen molar-refractivity contribution in [2.75, 3.05) is 19.8 Å². The van der Waals surface area contributed by atoms with Crippen molar-refractivity contribution in [3.8, 4) is 21.8 Å². The van der Waals surface area contributed by atoms with Crippen molar-refractivity contribution in [2.24, 2.45) is 0 Å². The molecule has 1 atom stereocenters. The summed E-state index contributed by atoms with van der Waals surface area (Å²) < 4.78 is 13.9. The number of nitrogens with one attached hydrogen (secondary N) is 2. The summed E-state index contributed by atoms with van der Waals surface area (Å²) in [6, 6.07) is 9.29. The maximum Gasteiger partial charge on any atom is 0.251 e. The molecule has 0 aromatic carbocycles. The minimum absolute atomic E-state index is 0.0227. The van der Waals surface area contributed by atoms with Crippen LogP contribution in [0.25, 0.3) is 27.5 Å². The lowest BCUT2D eigenvalue weighted by Crippen LogP contribution is -2.39. The maximum absolute atomic E-state index is 12.5. The molecule has 0 aliphatic heterocycles. The number of alkyl halides is 1. The summed E-state index contributed by atoms with van der Waals surface area (Å²) in [7, 11) is 0. The van der Waals surface area contributed by atoms with Gasteiger partial charge in [-0.2, -0.15) is 5.10 Å². The summed E-state index contributed by atoms with van der Waals surface area (Å²) in [5.41, 5.74) is 3.41. The second kappa shape index (κ2) is 9.10.